The number of anilines is 1. The van der Waals surface area contributed by atoms with Gasteiger partial charge >= 0.3 is 5.97 Å². The Balaban J connectivity index is 2.01. The summed E-state index contributed by atoms with van der Waals surface area (Å²) < 4.78 is 30.1. The summed E-state index contributed by atoms with van der Waals surface area (Å²) >= 11 is 0. The minimum absolute atomic E-state index is 0.109. The van der Waals surface area contributed by atoms with Crippen LogP contribution < -0.4 is 11.2 Å². The average molecular weight is 427 g/mol. The lowest BCUT2D eigenvalue weighted by Crippen LogP contribution is -2.25. The summed E-state index contributed by atoms with van der Waals surface area (Å²) in [6, 6.07) is 6.72. The van der Waals surface area contributed by atoms with Crippen LogP contribution in [0, 0.1) is 11.6 Å². The SMILES string of the molecule is CN(C)C1CCC(c2c(F)cc3c(=O)c(C(=O)O)cn(-c4ccc(F)cc4)c3c2N)C1. The number of carbonyl (C=O) groups is 1. The minimum atomic E-state index is -1.43. The number of aromatic carboxylic acids is 1. The Labute approximate surface area is 177 Å². The van der Waals surface area contributed by atoms with Gasteiger partial charge in [-0.3, -0.25) is 4.79 Å². The van der Waals surface area contributed by atoms with Crippen LogP contribution in [-0.2, 0) is 0 Å². The molecule has 3 aromatic rings. The van der Waals surface area contributed by atoms with Gasteiger partial charge in [0.15, 0.2) is 0 Å². The average Bonchev–Trinajstić information content (AvgIpc) is 3.19. The highest BCUT2D eigenvalue weighted by Crippen LogP contribution is 2.42. The molecule has 1 aliphatic carbocycles. The largest absolute Gasteiger partial charge is 0.477 e. The first-order chi connectivity index (χ1) is 14.7. The lowest BCUT2D eigenvalue weighted by molar-refractivity contribution is 0.0695. The Morgan fingerprint density at radius 1 is 1.19 bits per heavy atom. The summed E-state index contributed by atoms with van der Waals surface area (Å²) in [5.74, 6) is -2.63. The summed E-state index contributed by atoms with van der Waals surface area (Å²) in [6.07, 6.45) is 3.55. The number of rotatable bonds is 4. The number of nitrogen functional groups attached to an aromatic ring is 1. The number of nitrogens with two attached hydrogens (primary N) is 1. The van der Waals surface area contributed by atoms with E-state index in [2.05, 4.69) is 4.90 Å². The van der Waals surface area contributed by atoms with Crippen molar-refractivity contribution in [2.45, 2.75) is 31.2 Å². The van der Waals surface area contributed by atoms with Crippen molar-refractivity contribution >= 4 is 22.6 Å². The van der Waals surface area contributed by atoms with Crippen LogP contribution in [0.3, 0.4) is 0 Å². The van der Waals surface area contributed by atoms with Crippen LogP contribution in [0.4, 0.5) is 14.5 Å². The number of carboxylic acid groups (broad SMARTS) is 1. The van der Waals surface area contributed by atoms with Gasteiger partial charge in [0.1, 0.15) is 17.2 Å². The molecule has 0 radical (unpaired) electrons. The molecule has 1 heterocycles. The second-order valence-electron chi connectivity index (χ2n) is 8.23. The van der Waals surface area contributed by atoms with Crippen molar-refractivity contribution in [1.82, 2.24) is 9.47 Å². The van der Waals surface area contributed by atoms with E-state index >= 15 is 4.39 Å². The fourth-order valence-electron chi connectivity index (χ4n) is 4.57. The molecule has 2 atom stereocenters. The fraction of sp³-hybridized carbons (Fsp3) is 0.304. The third-order valence-corrected chi connectivity index (χ3v) is 6.20. The number of carboxylic acids is 1. The minimum Gasteiger partial charge on any atom is -0.477 e. The molecule has 0 amide bonds. The van der Waals surface area contributed by atoms with Crippen molar-refractivity contribution in [1.29, 1.82) is 0 Å². The fourth-order valence-corrected chi connectivity index (χ4v) is 4.57. The van der Waals surface area contributed by atoms with Crippen molar-refractivity contribution in [2.24, 2.45) is 0 Å². The lowest BCUT2D eigenvalue weighted by atomic mass is 9.92. The van der Waals surface area contributed by atoms with E-state index in [1.165, 1.54) is 28.8 Å². The number of halogens is 2. The van der Waals surface area contributed by atoms with Crippen molar-refractivity contribution in [3.05, 3.63) is 69.5 Å². The van der Waals surface area contributed by atoms with Crippen LogP contribution >= 0.6 is 0 Å². The monoisotopic (exact) mass is 427 g/mol. The lowest BCUT2D eigenvalue weighted by Gasteiger charge is -2.22. The van der Waals surface area contributed by atoms with Crippen molar-refractivity contribution in [3.8, 4) is 5.69 Å². The molecule has 1 saturated carbocycles. The van der Waals surface area contributed by atoms with E-state index in [4.69, 9.17) is 5.73 Å². The van der Waals surface area contributed by atoms with Gasteiger partial charge in [0, 0.05) is 23.5 Å². The van der Waals surface area contributed by atoms with Gasteiger partial charge in [-0.05, 0) is 69.6 Å². The van der Waals surface area contributed by atoms with Crippen LogP contribution in [0.15, 0.2) is 41.3 Å². The first-order valence-electron chi connectivity index (χ1n) is 10.0. The number of benzene rings is 2. The molecule has 4 rings (SSSR count). The Hall–Kier alpha value is -3.26. The van der Waals surface area contributed by atoms with Crippen LogP contribution in [0.5, 0.6) is 0 Å². The molecule has 0 spiro atoms. The van der Waals surface area contributed by atoms with E-state index in [0.717, 1.165) is 31.5 Å². The molecule has 6 nitrogen and oxygen atoms in total. The summed E-state index contributed by atoms with van der Waals surface area (Å²) in [6.45, 7) is 0. The zero-order valence-corrected chi connectivity index (χ0v) is 17.2. The molecule has 2 unspecified atom stereocenters. The Morgan fingerprint density at radius 2 is 1.87 bits per heavy atom. The van der Waals surface area contributed by atoms with Gasteiger partial charge < -0.3 is 20.3 Å². The number of aromatic nitrogens is 1. The predicted molar refractivity (Wildman–Crippen MR) is 115 cm³/mol. The molecule has 162 valence electrons. The van der Waals surface area contributed by atoms with Crippen LogP contribution in [-0.4, -0.2) is 40.7 Å². The zero-order valence-electron chi connectivity index (χ0n) is 17.2. The van der Waals surface area contributed by atoms with E-state index in [1.54, 1.807) is 0 Å². The summed E-state index contributed by atoms with van der Waals surface area (Å²) in [7, 11) is 3.96. The van der Waals surface area contributed by atoms with Gasteiger partial charge in [-0.1, -0.05) is 0 Å². The highest BCUT2D eigenvalue weighted by molar-refractivity contribution is 5.98. The van der Waals surface area contributed by atoms with Gasteiger partial charge in [-0.2, -0.15) is 0 Å². The normalized spacial score (nSPS) is 18.7. The van der Waals surface area contributed by atoms with Crippen LogP contribution in [0.1, 0.15) is 41.1 Å². The topological polar surface area (TPSA) is 88.6 Å². The Kier molecular flexibility index (Phi) is 5.26. The Bertz CT molecular complexity index is 1240. The van der Waals surface area contributed by atoms with E-state index in [0.29, 0.717) is 17.3 Å². The second kappa shape index (κ2) is 7.77. The van der Waals surface area contributed by atoms with Crippen LogP contribution in [0.2, 0.25) is 0 Å². The van der Waals surface area contributed by atoms with E-state index in [1.807, 2.05) is 14.1 Å². The van der Waals surface area contributed by atoms with Gasteiger partial charge in [-0.15, -0.1) is 0 Å². The highest BCUT2D eigenvalue weighted by Gasteiger charge is 2.32. The van der Waals surface area contributed by atoms with Crippen molar-refractivity contribution < 1.29 is 18.7 Å². The third-order valence-electron chi connectivity index (χ3n) is 6.20. The van der Waals surface area contributed by atoms with Crippen molar-refractivity contribution in [2.75, 3.05) is 19.8 Å². The molecule has 8 heteroatoms. The molecular formula is C23H23F2N3O3. The molecule has 0 aliphatic heterocycles. The van der Waals surface area contributed by atoms with Gasteiger partial charge in [0.05, 0.1) is 16.6 Å². The quantitative estimate of drug-likeness (QED) is 0.619. The van der Waals surface area contributed by atoms with Crippen LogP contribution in [0.25, 0.3) is 16.6 Å². The molecule has 1 aliphatic rings. The molecule has 2 aromatic carbocycles. The second-order valence-corrected chi connectivity index (χ2v) is 8.23. The first-order valence-corrected chi connectivity index (χ1v) is 10.0. The molecule has 0 bridgehead atoms. The standard InChI is InChI=1S/C23H23F2N3O3/c1-27(2)15-6-3-12(9-15)19-18(25)10-16-21(20(19)26)28(11-17(22(16)29)23(30)31)14-7-4-13(24)5-8-14/h4-5,7-8,10-12,15H,3,6,9,26H2,1-2H3,(H,30,31). The van der Waals surface area contributed by atoms with Gasteiger partial charge in [0.25, 0.3) is 0 Å². The molecular weight excluding hydrogens is 404 g/mol. The summed E-state index contributed by atoms with van der Waals surface area (Å²) in [5.41, 5.74) is 6.22. The zero-order chi connectivity index (χ0) is 22.4. The van der Waals surface area contributed by atoms with E-state index < -0.39 is 28.6 Å². The number of pyridine rings is 1. The maximum Gasteiger partial charge on any atom is 0.341 e. The molecule has 1 fully saturated rings. The predicted octanol–water partition coefficient (Wildman–Crippen LogP) is 3.75. The highest BCUT2D eigenvalue weighted by atomic mass is 19.1. The van der Waals surface area contributed by atoms with E-state index in [-0.39, 0.29) is 22.5 Å². The number of hydrogen-bond donors (Lipinski definition) is 2. The summed E-state index contributed by atoms with van der Waals surface area (Å²) in [5, 5.41) is 9.36. The smallest absolute Gasteiger partial charge is 0.341 e. The maximum atomic E-state index is 15.2. The van der Waals surface area contributed by atoms with Crippen molar-refractivity contribution in [3.63, 3.8) is 0 Å². The first kappa shape index (κ1) is 21.0. The van der Waals surface area contributed by atoms with E-state index in [9.17, 15) is 19.1 Å². The number of hydrogen-bond acceptors (Lipinski definition) is 4. The molecule has 3 N–H and O–H groups in total. The Morgan fingerprint density at radius 3 is 2.45 bits per heavy atom. The number of fused-ring (bicyclic) bond motifs is 1. The maximum absolute atomic E-state index is 15.2. The van der Waals surface area contributed by atoms with Gasteiger partial charge in [-0.25, -0.2) is 13.6 Å². The molecule has 0 saturated heterocycles. The summed E-state index contributed by atoms with van der Waals surface area (Å²) in [4.78, 5) is 26.5. The molecule has 31 heavy (non-hydrogen) atoms. The third kappa shape index (κ3) is 3.57. The number of nitrogens with zero attached hydrogens (tertiary/aromatic N) is 2. The molecule has 1 aromatic heterocycles. The van der Waals surface area contributed by atoms with Gasteiger partial charge in [0.2, 0.25) is 5.43 Å².